The summed E-state index contributed by atoms with van der Waals surface area (Å²) >= 11 is 11.9. The quantitative estimate of drug-likeness (QED) is 0.556. The molecule has 2 aromatic rings. The topological polar surface area (TPSA) is 75.8 Å². The first-order chi connectivity index (χ1) is 13.0. The van der Waals surface area contributed by atoms with Gasteiger partial charge in [-0.2, -0.15) is 0 Å². The zero-order chi connectivity index (χ0) is 19.4. The fourth-order valence-corrected chi connectivity index (χ4v) is 3.50. The predicted molar refractivity (Wildman–Crippen MR) is 106 cm³/mol. The number of benzene rings is 2. The fourth-order valence-electron chi connectivity index (χ4n) is 3.18. The molecule has 0 spiro atoms. The maximum Gasteiger partial charge on any atom is 0.292 e. The molecule has 0 bridgehead atoms. The largest absolute Gasteiger partial charge is 0.392 e. The van der Waals surface area contributed by atoms with Crippen LogP contribution in [-0.4, -0.2) is 29.2 Å². The van der Waals surface area contributed by atoms with Gasteiger partial charge < -0.3 is 14.7 Å². The Morgan fingerprint density at radius 2 is 1.81 bits per heavy atom. The lowest BCUT2D eigenvalue weighted by atomic mass is 10.1. The van der Waals surface area contributed by atoms with Gasteiger partial charge in [0.05, 0.1) is 34.3 Å². The van der Waals surface area contributed by atoms with Crippen LogP contribution in [0.4, 0.5) is 11.4 Å². The van der Waals surface area contributed by atoms with Gasteiger partial charge in [0.25, 0.3) is 5.69 Å². The molecule has 0 amide bonds. The van der Waals surface area contributed by atoms with Gasteiger partial charge in [-0.15, -0.1) is 0 Å². The van der Waals surface area contributed by atoms with Crippen LogP contribution in [-0.2, 0) is 18.0 Å². The summed E-state index contributed by atoms with van der Waals surface area (Å²) in [7, 11) is 0. The number of piperidine rings is 1. The van der Waals surface area contributed by atoms with E-state index in [-0.39, 0.29) is 23.3 Å². The van der Waals surface area contributed by atoms with Gasteiger partial charge in [-0.3, -0.25) is 10.1 Å². The number of nitrogens with zero attached hydrogens (tertiary/aromatic N) is 2. The molecule has 1 saturated heterocycles. The third kappa shape index (κ3) is 4.90. The van der Waals surface area contributed by atoms with Crippen molar-refractivity contribution in [1.82, 2.24) is 0 Å². The van der Waals surface area contributed by atoms with E-state index in [0.29, 0.717) is 41.0 Å². The molecule has 1 N–H and O–H groups in total. The first-order valence-corrected chi connectivity index (χ1v) is 9.42. The summed E-state index contributed by atoms with van der Waals surface area (Å²) in [6.07, 6.45) is 1.61. The highest BCUT2D eigenvalue weighted by Crippen LogP contribution is 2.32. The lowest BCUT2D eigenvalue weighted by Gasteiger charge is -2.33. The Bertz CT molecular complexity index is 823. The summed E-state index contributed by atoms with van der Waals surface area (Å²) in [6, 6.07) is 10.1. The minimum absolute atomic E-state index is 0.0578. The summed E-state index contributed by atoms with van der Waals surface area (Å²) in [5.41, 5.74) is 2.23. The van der Waals surface area contributed by atoms with Gasteiger partial charge in [0.1, 0.15) is 5.69 Å². The van der Waals surface area contributed by atoms with Crippen LogP contribution in [0, 0.1) is 10.1 Å². The van der Waals surface area contributed by atoms with Crippen LogP contribution in [0.1, 0.15) is 24.0 Å². The molecular formula is C19H20Cl2N2O4. The van der Waals surface area contributed by atoms with E-state index in [0.717, 1.165) is 18.4 Å². The van der Waals surface area contributed by atoms with Crippen LogP contribution in [0.5, 0.6) is 0 Å². The molecule has 1 aliphatic rings. The SMILES string of the molecule is O=[N+]([O-])c1ccc(CO)cc1N1CCC(OCc2ccc(Cl)c(Cl)c2)CC1. The normalized spacial score (nSPS) is 15.1. The third-order valence-electron chi connectivity index (χ3n) is 4.67. The van der Waals surface area contributed by atoms with Crippen LogP contribution < -0.4 is 4.90 Å². The zero-order valence-electron chi connectivity index (χ0n) is 14.6. The van der Waals surface area contributed by atoms with E-state index in [1.54, 1.807) is 24.3 Å². The molecule has 0 radical (unpaired) electrons. The van der Waals surface area contributed by atoms with Crippen molar-refractivity contribution in [1.29, 1.82) is 0 Å². The van der Waals surface area contributed by atoms with Gasteiger partial charge >= 0.3 is 0 Å². The highest BCUT2D eigenvalue weighted by Gasteiger charge is 2.25. The number of hydrogen-bond donors (Lipinski definition) is 1. The molecule has 0 saturated carbocycles. The van der Waals surface area contributed by atoms with Crippen molar-refractivity contribution in [3.05, 3.63) is 67.7 Å². The second-order valence-electron chi connectivity index (χ2n) is 6.48. The van der Waals surface area contributed by atoms with E-state index >= 15 is 0 Å². The first kappa shape index (κ1) is 19.9. The van der Waals surface area contributed by atoms with Crippen LogP contribution >= 0.6 is 23.2 Å². The number of hydrogen-bond acceptors (Lipinski definition) is 5. The molecule has 3 rings (SSSR count). The number of aliphatic hydroxyl groups is 1. The highest BCUT2D eigenvalue weighted by molar-refractivity contribution is 6.42. The van der Waals surface area contributed by atoms with Gasteiger partial charge in [-0.25, -0.2) is 0 Å². The molecule has 27 heavy (non-hydrogen) atoms. The predicted octanol–water partition coefficient (Wildman–Crippen LogP) is 4.58. The van der Waals surface area contributed by atoms with Gasteiger partial charge in [0, 0.05) is 19.2 Å². The van der Waals surface area contributed by atoms with Gasteiger partial charge in [0.2, 0.25) is 0 Å². The van der Waals surface area contributed by atoms with Crippen LogP contribution in [0.2, 0.25) is 10.0 Å². The molecule has 144 valence electrons. The average molecular weight is 411 g/mol. The Hall–Kier alpha value is -1.86. The summed E-state index contributed by atoms with van der Waals surface area (Å²) in [6.45, 7) is 1.61. The second kappa shape index (κ2) is 8.89. The molecule has 1 aliphatic heterocycles. The first-order valence-electron chi connectivity index (χ1n) is 8.66. The van der Waals surface area contributed by atoms with Crippen molar-refractivity contribution >= 4 is 34.6 Å². The van der Waals surface area contributed by atoms with Crippen LogP contribution in [0.25, 0.3) is 0 Å². The lowest BCUT2D eigenvalue weighted by molar-refractivity contribution is -0.384. The van der Waals surface area contributed by atoms with Gasteiger partial charge in [0.15, 0.2) is 0 Å². The zero-order valence-corrected chi connectivity index (χ0v) is 16.1. The summed E-state index contributed by atoms with van der Waals surface area (Å²) < 4.78 is 5.97. The Kier molecular flexibility index (Phi) is 6.55. The van der Waals surface area contributed by atoms with Crippen molar-refractivity contribution in [2.24, 2.45) is 0 Å². The van der Waals surface area contributed by atoms with E-state index in [9.17, 15) is 15.2 Å². The summed E-state index contributed by atoms with van der Waals surface area (Å²) in [5, 5.41) is 21.6. The monoisotopic (exact) mass is 410 g/mol. The number of anilines is 1. The molecule has 1 fully saturated rings. The molecule has 2 aromatic carbocycles. The smallest absolute Gasteiger partial charge is 0.292 e. The lowest BCUT2D eigenvalue weighted by Crippen LogP contribution is -2.37. The van der Waals surface area contributed by atoms with E-state index < -0.39 is 0 Å². The highest BCUT2D eigenvalue weighted by atomic mass is 35.5. The number of aliphatic hydroxyl groups excluding tert-OH is 1. The number of rotatable bonds is 6. The number of nitro benzene ring substituents is 1. The Morgan fingerprint density at radius 3 is 2.44 bits per heavy atom. The van der Waals surface area contributed by atoms with E-state index in [1.807, 2.05) is 11.0 Å². The van der Waals surface area contributed by atoms with Crippen molar-refractivity contribution in [2.75, 3.05) is 18.0 Å². The summed E-state index contributed by atoms with van der Waals surface area (Å²) in [5.74, 6) is 0. The van der Waals surface area contributed by atoms with Crippen molar-refractivity contribution in [2.45, 2.75) is 32.2 Å². The maximum absolute atomic E-state index is 11.3. The maximum atomic E-state index is 11.3. The fraction of sp³-hybridized carbons (Fsp3) is 0.368. The van der Waals surface area contributed by atoms with Gasteiger partial charge in [-0.05, 0) is 48.2 Å². The third-order valence-corrected chi connectivity index (χ3v) is 5.41. The number of ether oxygens (including phenoxy) is 1. The molecule has 6 nitrogen and oxygen atoms in total. The molecular weight excluding hydrogens is 391 g/mol. The minimum Gasteiger partial charge on any atom is -0.392 e. The Morgan fingerprint density at radius 1 is 1.11 bits per heavy atom. The average Bonchev–Trinajstić information content (AvgIpc) is 2.68. The van der Waals surface area contributed by atoms with Crippen LogP contribution in [0.15, 0.2) is 36.4 Å². The molecule has 0 aliphatic carbocycles. The van der Waals surface area contributed by atoms with Gasteiger partial charge in [-0.1, -0.05) is 29.3 Å². The van der Waals surface area contributed by atoms with Crippen molar-refractivity contribution < 1.29 is 14.8 Å². The Balaban J connectivity index is 1.60. The molecule has 0 unspecified atom stereocenters. The molecule has 0 atom stereocenters. The van der Waals surface area contributed by atoms with E-state index in [2.05, 4.69) is 0 Å². The van der Waals surface area contributed by atoms with Crippen LogP contribution in [0.3, 0.4) is 0 Å². The number of nitro groups is 1. The molecule has 8 heteroatoms. The Labute approximate surface area is 167 Å². The molecule has 1 heterocycles. The second-order valence-corrected chi connectivity index (χ2v) is 7.30. The number of halogens is 2. The van der Waals surface area contributed by atoms with Crippen molar-refractivity contribution in [3.8, 4) is 0 Å². The molecule has 0 aromatic heterocycles. The van der Waals surface area contributed by atoms with Crippen molar-refractivity contribution in [3.63, 3.8) is 0 Å². The van der Waals surface area contributed by atoms with E-state index in [1.165, 1.54) is 6.07 Å². The standard InChI is InChI=1S/C19H20Cl2N2O4/c20-16-3-1-14(9-17(16)21)12-27-15-5-7-22(8-6-15)19-10-13(11-24)2-4-18(19)23(25)26/h1-4,9-10,15,24H,5-8,11-12H2. The van der Waals surface area contributed by atoms with E-state index in [4.69, 9.17) is 27.9 Å². The minimum atomic E-state index is -0.386. The summed E-state index contributed by atoms with van der Waals surface area (Å²) in [4.78, 5) is 12.9.